The van der Waals surface area contributed by atoms with E-state index in [1.54, 1.807) is 0 Å². The zero-order valence-electron chi connectivity index (χ0n) is 17.8. The molecule has 4 rings (SSSR count). The van der Waals surface area contributed by atoms with Crippen molar-refractivity contribution >= 4 is 35.1 Å². The average molecular weight is 460 g/mol. The summed E-state index contributed by atoms with van der Waals surface area (Å²) in [5, 5.41) is 2.91. The van der Waals surface area contributed by atoms with Gasteiger partial charge >= 0.3 is 0 Å². The molecule has 2 aliphatic rings. The van der Waals surface area contributed by atoms with Crippen molar-refractivity contribution in [2.24, 2.45) is 0 Å². The van der Waals surface area contributed by atoms with Gasteiger partial charge in [0.1, 0.15) is 18.1 Å². The molecule has 2 aromatic rings. The minimum Gasteiger partial charge on any atom is -0.489 e. The Morgan fingerprint density at radius 2 is 1.90 bits per heavy atom. The molecular formula is C24H29NO4S2. The van der Waals surface area contributed by atoms with E-state index in [1.807, 2.05) is 60.8 Å². The van der Waals surface area contributed by atoms with Crippen LogP contribution >= 0.6 is 23.5 Å². The molecule has 0 radical (unpaired) electrons. The minimum atomic E-state index is -0.215. The Hall–Kier alpha value is -1.83. The fourth-order valence-electron chi connectivity index (χ4n) is 3.55. The Balaban J connectivity index is 1.29. The molecule has 1 N–H and O–H groups in total. The normalized spacial score (nSPS) is 19.2. The van der Waals surface area contributed by atoms with Crippen LogP contribution in [-0.2, 0) is 9.53 Å². The Labute approximate surface area is 192 Å². The molecule has 0 aliphatic carbocycles. The standard InChI is InChI=1S/C24H29NO4S2/c1-17-5-10-21(22(14-17)29-15-20-4-2-11-27-20)25-23(26)16-28-19-8-6-18(7-9-19)24-30-12-3-13-31-24/h5-10,14,20,24H,2-4,11-13,15-16H2,1H3,(H,25,26). The maximum absolute atomic E-state index is 12.5. The second kappa shape index (κ2) is 11.2. The number of nitrogens with one attached hydrogen (secondary N) is 1. The summed E-state index contributed by atoms with van der Waals surface area (Å²) in [6.07, 6.45) is 3.49. The van der Waals surface area contributed by atoms with Gasteiger partial charge in [0.2, 0.25) is 0 Å². The van der Waals surface area contributed by atoms with Crippen LogP contribution in [0.4, 0.5) is 5.69 Å². The molecule has 2 aromatic carbocycles. The van der Waals surface area contributed by atoms with E-state index < -0.39 is 0 Å². The lowest BCUT2D eigenvalue weighted by Gasteiger charge is -2.21. The van der Waals surface area contributed by atoms with Gasteiger partial charge < -0.3 is 19.5 Å². The molecule has 1 atom stereocenters. The van der Waals surface area contributed by atoms with Gasteiger partial charge in [-0.05, 0) is 73.1 Å². The summed E-state index contributed by atoms with van der Waals surface area (Å²) in [6, 6.07) is 13.8. The van der Waals surface area contributed by atoms with E-state index in [4.69, 9.17) is 14.2 Å². The highest BCUT2D eigenvalue weighted by Gasteiger charge is 2.18. The summed E-state index contributed by atoms with van der Waals surface area (Å²) < 4.78 is 17.8. The van der Waals surface area contributed by atoms with Crippen LogP contribution in [0.2, 0.25) is 0 Å². The fourth-order valence-corrected chi connectivity index (χ4v) is 6.44. The van der Waals surface area contributed by atoms with E-state index >= 15 is 0 Å². The zero-order valence-corrected chi connectivity index (χ0v) is 19.4. The number of ether oxygens (including phenoxy) is 3. The first kappa shape index (κ1) is 22.4. The number of hydrogen-bond acceptors (Lipinski definition) is 6. The largest absolute Gasteiger partial charge is 0.489 e. The van der Waals surface area contributed by atoms with Crippen LogP contribution in [0.25, 0.3) is 0 Å². The number of hydrogen-bond donors (Lipinski definition) is 1. The molecule has 2 aliphatic heterocycles. The predicted octanol–water partition coefficient (Wildman–Crippen LogP) is 5.44. The lowest BCUT2D eigenvalue weighted by Crippen LogP contribution is -2.21. The number of anilines is 1. The first-order valence-electron chi connectivity index (χ1n) is 10.8. The van der Waals surface area contributed by atoms with E-state index in [0.29, 0.717) is 28.4 Å². The molecule has 166 valence electrons. The molecule has 31 heavy (non-hydrogen) atoms. The number of carbonyl (C=O) groups excluding carboxylic acids is 1. The van der Waals surface area contributed by atoms with Crippen LogP contribution in [-0.4, -0.2) is 43.3 Å². The van der Waals surface area contributed by atoms with Crippen molar-refractivity contribution in [2.75, 3.05) is 36.6 Å². The van der Waals surface area contributed by atoms with Crippen LogP contribution in [0.5, 0.6) is 11.5 Å². The second-order valence-electron chi connectivity index (χ2n) is 7.78. The Bertz CT molecular complexity index is 862. The molecule has 2 heterocycles. The van der Waals surface area contributed by atoms with Crippen LogP contribution in [0.3, 0.4) is 0 Å². The average Bonchev–Trinajstić information content (AvgIpc) is 3.32. The molecule has 0 spiro atoms. The molecule has 1 unspecified atom stereocenters. The number of thioether (sulfide) groups is 2. The van der Waals surface area contributed by atoms with Crippen LogP contribution in [0, 0.1) is 6.92 Å². The molecule has 2 saturated heterocycles. The van der Waals surface area contributed by atoms with Gasteiger partial charge in [-0.1, -0.05) is 18.2 Å². The first-order valence-corrected chi connectivity index (χ1v) is 12.9. The molecule has 0 bridgehead atoms. The highest BCUT2D eigenvalue weighted by Crippen LogP contribution is 2.43. The lowest BCUT2D eigenvalue weighted by atomic mass is 10.2. The van der Waals surface area contributed by atoms with Crippen molar-refractivity contribution in [1.29, 1.82) is 0 Å². The number of benzene rings is 2. The molecule has 1 amide bonds. The van der Waals surface area contributed by atoms with Crippen molar-refractivity contribution in [3.63, 3.8) is 0 Å². The summed E-state index contributed by atoms with van der Waals surface area (Å²) >= 11 is 3.99. The minimum absolute atomic E-state index is 0.0503. The summed E-state index contributed by atoms with van der Waals surface area (Å²) in [5.74, 6) is 3.58. The molecular weight excluding hydrogens is 430 g/mol. The van der Waals surface area contributed by atoms with E-state index in [-0.39, 0.29) is 18.6 Å². The Kier molecular flexibility index (Phi) is 8.05. The van der Waals surface area contributed by atoms with Gasteiger partial charge in [-0.15, -0.1) is 23.5 Å². The van der Waals surface area contributed by atoms with Crippen molar-refractivity contribution < 1.29 is 19.0 Å². The molecule has 5 nitrogen and oxygen atoms in total. The van der Waals surface area contributed by atoms with Crippen molar-refractivity contribution in [1.82, 2.24) is 0 Å². The molecule has 0 saturated carbocycles. The molecule has 0 aromatic heterocycles. The monoisotopic (exact) mass is 459 g/mol. The number of rotatable bonds is 8. The Morgan fingerprint density at radius 1 is 1.10 bits per heavy atom. The zero-order chi connectivity index (χ0) is 21.5. The van der Waals surface area contributed by atoms with Gasteiger partial charge in [-0.2, -0.15) is 0 Å². The highest BCUT2D eigenvalue weighted by molar-refractivity contribution is 8.16. The molecule has 7 heteroatoms. The van der Waals surface area contributed by atoms with Crippen molar-refractivity contribution in [3.8, 4) is 11.5 Å². The third-order valence-corrected chi connectivity index (χ3v) is 8.22. The predicted molar refractivity (Wildman–Crippen MR) is 128 cm³/mol. The van der Waals surface area contributed by atoms with E-state index in [2.05, 4.69) is 17.4 Å². The van der Waals surface area contributed by atoms with Gasteiger partial charge in [0.05, 0.1) is 16.4 Å². The maximum Gasteiger partial charge on any atom is 0.262 e. The van der Waals surface area contributed by atoms with Gasteiger partial charge in [-0.25, -0.2) is 0 Å². The van der Waals surface area contributed by atoms with E-state index in [0.717, 1.165) is 25.0 Å². The summed E-state index contributed by atoms with van der Waals surface area (Å²) in [6.45, 7) is 3.24. The van der Waals surface area contributed by atoms with Gasteiger partial charge in [0, 0.05) is 6.61 Å². The summed E-state index contributed by atoms with van der Waals surface area (Å²) in [5.41, 5.74) is 3.03. The summed E-state index contributed by atoms with van der Waals surface area (Å²) in [7, 11) is 0. The van der Waals surface area contributed by atoms with Gasteiger partial charge in [0.15, 0.2) is 6.61 Å². The highest BCUT2D eigenvalue weighted by atomic mass is 32.2. The number of aryl methyl sites for hydroxylation is 1. The topological polar surface area (TPSA) is 56.8 Å². The third kappa shape index (κ3) is 6.57. The van der Waals surface area contributed by atoms with Crippen LogP contribution < -0.4 is 14.8 Å². The lowest BCUT2D eigenvalue weighted by molar-refractivity contribution is -0.118. The third-order valence-electron chi connectivity index (χ3n) is 5.21. The van der Waals surface area contributed by atoms with E-state index in [9.17, 15) is 4.79 Å². The van der Waals surface area contributed by atoms with E-state index in [1.165, 1.54) is 23.5 Å². The van der Waals surface area contributed by atoms with Crippen molar-refractivity contribution in [3.05, 3.63) is 53.6 Å². The SMILES string of the molecule is Cc1ccc(NC(=O)COc2ccc(C3SCCCS3)cc2)c(OCC2CCCO2)c1. The van der Waals surface area contributed by atoms with Crippen LogP contribution in [0.15, 0.2) is 42.5 Å². The van der Waals surface area contributed by atoms with Gasteiger partial charge in [-0.3, -0.25) is 4.79 Å². The summed E-state index contributed by atoms with van der Waals surface area (Å²) in [4.78, 5) is 12.5. The van der Waals surface area contributed by atoms with Crippen molar-refractivity contribution in [2.45, 2.75) is 36.9 Å². The maximum atomic E-state index is 12.5. The quantitative estimate of drug-likeness (QED) is 0.567. The first-order chi connectivity index (χ1) is 15.2. The number of amides is 1. The number of carbonyl (C=O) groups is 1. The van der Waals surface area contributed by atoms with Crippen LogP contribution in [0.1, 0.15) is 35.0 Å². The smallest absolute Gasteiger partial charge is 0.262 e. The molecule has 2 fully saturated rings. The fraction of sp³-hybridized carbons (Fsp3) is 0.458. The van der Waals surface area contributed by atoms with Gasteiger partial charge in [0.25, 0.3) is 5.91 Å². The Morgan fingerprint density at radius 3 is 2.65 bits per heavy atom. The second-order valence-corrected chi connectivity index (χ2v) is 10.5.